The Morgan fingerprint density at radius 1 is 0.767 bits per heavy atom. The normalized spacial score (nSPS) is 17.7. The molecule has 2 atom stereocenters. The van der Waals surface area contributed by atoms with Gasteiger partial charge >= 0.3 is 0 Å². The number of fused-ring (bicyclic) bond motifs is 1. The number of hydrogen-bond acceptors (Lipinski definition) is 2. The predicted molar refractivity (Wildman–Crippen MR) is 123 cm³/mol. The molecule has 0 aromatic heterocycles. The van der Waals surface area contributed by atoms with Crippen LogP contribution < -0.4 is 5.32 Å². The summed E-state index contributed by atoms with van der Waals surface area (Å²) in [6, 6.07) is 33.8. The summed E-state index contributed by atoms with van der Waals surface area (Å²) in [4.78, 5) is 12.4. The van der Waals surface area contributed by atoms with Gasteiger partial charge in [-0.2, -0.15) is 0 Å². The van der Waals surface area contributed by atoms with Crippen LogP contribution in [0.25, 0.3) is 10.8 Å². The van der Waals surface area contributed by atoms with Gasteiger partial charge in [0.15, 0.2) is 5.78 Å². The zero-order chi connectivity index (χ0) is 20.3. The van der Waals surface area contributed by atoms with Gasteiger partial charge in [-0.15, -0.1) is 0 Å². The highest BCUT2D eigenvalue weighted by molar-refractivity contribution is 5.97. The minimum absolute atomic E-state index is 0.171. The quantitative estimate of drug-likeness (QED) is 0.397. The van der Waals surface area contributed by atoms with Crippen molar-refractivity contribution in [3.8, 4) is 0 Å². The van der Waals surface area contributed by atoms with Gasteiger partial charge in [-0.3, -0.25) is 4.79 Å². The minimum Gasteiger partial charge on any atom is -0.309 e. The van der Waals surface area contributed by atoms with E-state index in [0.29, 0.717) is 18.4 Å². The summed E-state index contributed by atoms with van der Waals surface area (Å²) in [5, 5.41) is 6.28. The van der Waals surface area contributed by atoms with Crippen LogP contribution in [0.5, 0.6) is 0 Å². The molecule has 0 saturated heterocycles. The maximum absolute atomic E-state index is 12.4. The topological polar surface area (TPSA) is 29.1 Å². The molecule has 2 nitrogen and oxygen atoms in total. The van der Waals surface area contributed by atoms with E-state index in [9.17, 15) is 4.79 Å². The van der Waals surface area contributed by atoms with Crippen molar-refractivity contribution in [1.29, 1.82) is 0 Å². The van der Waals surface area contributed by atoms with Crippen molar-refractivity contribution >= 4 is 16.6 Å². The van der Waals surface area contributed by atoms with E-state index in [1.165, 1.54) is 28.3 Å². The molecule has 1 aliphatic rings. The third kappa shape index (κ3) is 4.19. The largest absolute Gasteiger partial charge is 0.309 e. The van der Waals surface area contributed by atoms with E-state index in [4.69, 9.17) is 0 Å². The Bertz CT molecular complexity index is 1160. The predicted octanol–water partition coefficient (Wildman–Crippen LogP) is 5.91. The summed E-state index contributed by atoms with van der Waals surface area (Å²) in [5.41, 5.74) is 4.55. The second kappa shape index (κ2) is 8.25. The first kappa shape index (κ1) is 18.8. The number of Topliss-reactive ketones (excluding diaryl/α,β-unsaturated/α-hetero) is 1. The Kier molecular flexibility index (Phi) is 5.17. The van der Waals surface area contributed by atoms with E-state index in [2.05, 4.69) is 72.0 Å². The maximum Gasteiger partial charge on any atom is 0.167 e. The van der Waals surface area contributed by atoms with Gasteiger partial charge in [0.05, 0.1) is 0 Å². The molecule has 1 fully saturated rings. The van der Waals surface area contributed by atoms with E-state index < -0.39 is 0 Å². The minimum atomic E-state index is 0.171. The molecule has 1 aliphatic carbocycles. The number of carbonyl (C=O) groups excluding carboxylic acids is 1. The number of hydrogen-bond donors (Lipinski definition) is 1. The van der Waals surface area contributed by atoms with Crippen LogP contribution in [-0.4, -0.2) is 11.8 Å². The Morgan fingerprint density at radius 2 is 1.47 bits per heavy atom. The molecule has 1 N–H and O–H groups in total. The Labute approximate surface area is 177 Å². The Hall–Kier alpha value is -3.23. The van der Waals surface area contributed by atoms with Crippen molar-refractivity contribution in [1.82, 2.24) is 5.32 Å². The van der Waals surface area contributed by atoms with E-state index in [-0.39, 0.29) is 5.78 Å². The first-order chi connectivity index (χ1) is 14.8. The van der Waals surface area contributed by atoms with Gasteiger partial charge < -0.3 is 5.32 Å². The highest BCUT2D eigenvalue weighted by atomic mass is 16.1. The number of carbonyl (C=O) groups is 1. The van der Waals surface area contributed by atoms with Crippen LogP contribution in [0.2, 0.25) is 0 Å². The lowest BCUT2D eigenvalue weighted by Crippen LogP contribution is -2.17. The highest BCUT2D eigenvalue weighted by Gasteiger charge is 2.37. The van der Waals surface area contributed by atoms with E-state index in [1.54, 1.807) is 0 Å². The Morgan fingerprint density at radius 3 is 2.27 bits per heavy atom. The molecule has 5 rings (SSSR count). The van der Waals surface area contributed by atoms with Gasteiger partial charge in [0, 0.05) is 30.5 Å². The monoisotopic (exact) mass is 391 g/mol. The molecule has 0 spiro atoms. The summed E-state index contributed by atoms with van der Waals surface area (Å²) in [7, 11) is 0. The van der Waals surface area contributed by atoms with Gasteiger partial charge in [-0.05, 0) is 39.9 Å². The summed E-state index contributed by atoms with van der Waals surface area (Å²) < 4.78 is 0. The van der Waals surface area contributed by atoms with Gasteiger partial charge in [0.1, 0.15) is 0 Å². The SMILES string of the molecule is O=C(Cc1ccc(C2CC2NCc2ccc3ccccc3c2)cc1)c1ccccc1. The maximum atomic E-state index is 12.4. The van der Waals surface area contributed by atoms with Crippen molar-refractivity contribution in [3.05, 3.63) is 119 Å². The van der Waals surface area contributed by atoms with Crippen LogP contribution in [0.3, 0.4) is 0 Å². The van der Waals surface area contributed by atoms with Crippen molar-refractivity contribution in [2.45, 2.75) is 31.3 Å². The molecule has 0 heterocycles. The van der Waals surface area contributed by atoms with Crippen LogP contribution in [0, 0.1) is 0 Å². The smallest absolute Gasteiger partial charge is 0.167 e. The van der Waals surface area contributed by atoms with Gasteiger partial charge in [0.25, 0.3) is 0 Å². The van der Waals surface area contributed by atoms with Crippen molar-refractivity contribution in [2.24, 2.45) is 0 Å². The fraction of sp³-hybridized carbons (Fsp3) is 0.179. The summed E-state index contributed by atoms with van der Waals surface area (Å²) in [6.45, 7) is 0.898. The zero-order valence-corrected chi connectivity index (χ0v) is 16.9. The summed E-state index contributed by atoms with van der Waals surface area (Å²) in [5.74, 6) is 0.744. The zero-order valence-electron chi connectivity index (χ0n) is 16.9. The Balaban J connectivity index is 1.16. The number of ketones is 1. The standard InChI is InChI=1S/C28H25NO/c30-28(24-7-2-1-3-8-24)17-20-10-14-23(15-11-20)26-18-27(26)29-19-21-12-13-22-6-4-5-9-25(22)16-21/h1-16,26-27,29H,17-19H2. The average molecular weight is 392 g/mol. The summed E-state index contributed by atoms with van der Waals surface area (Å²) >= 11 is 0. The first-order valence-electron chi connectivity index (χ1n) is 10.6. The lowest BCUT2D eigenvalue weighted by atomic mass is 10.0. The highest BCUT2D eigenvalue weighted by Crippen LogP contribution is 2.41. The third-order valence-electron chi connectivity index (χ3n) is 6.04. The van der Waals surface area contributed by atoms with Crippen molar-refractivity contribution in [2.75, 3.05) is 0 Å². The molecular weight excluding hydrogens is 366 g/mol. The molecule has 0 radical (unpaired) electrons. The van der Waals surface area contributed by atoms with Crippen LogP contribution in [0.15, 0.2) is 97.1 Å². The van der Waals surface area contributed by atoms with E-state index in [1.807, 2.05) is 30.3 Å². The number of benzene rings is 4. The van der Waals surface area contributed by atoms with Crippen molar-refractivity contribution in [3.63, 3.8) is 0 Å². The van der Waals surface area contributed by atoms with Gasteiger partial charge in [0.2, 0.25) is 0 Å². The molecule has 148 valence electrons. The second-order valence-electron chi connectivity index (χ2n) is 8.22. The van der Waals surface area contributed by atoms with Crippen LogP contribution in [-0.2, 0) is 13.0 Å². The average Bonchev–Trinajstić information content (AvgIpc) is 3.58. The van der Waals surface area contributed by atoms with Crippen LogP contribution >= 0.6 is 0 Å². The number of nitrogens with one attached hydrogen (secondary N) is 1. The van der Waals surface area contributed by atoms with Crippen molar-refractivity contribution < 1.29 is 4.79 Å². The fourth-order valence-corrected chi connectivity index (χ4v) is 4.18. The molecular formula is C28H25NO. The van der Waals surface area contributed by atoms with E-state index >= 15 is 0 Å². The van der Waals surface area contributed by atoms with Gasteiger partial charge in [-0.1, -0.05) is 91.0 Å². The second-order valence-corrected chi connectivity index (χ2v) is 8.22. The molecule has 4 aromatic carbocycles. The van der Waals surface area contributed by atoms with E-state index in [0.717, 1.165) is 17.7 Å². The molecule has 0 amide bonds. The lowest BCUT2D eigenvalue weighted by molar-refractivity contribution is 0.0993. The van der Waals surface area contributed by atoms with Crippen LogP contribution in [0.4, 0.5) is 0 Å². The molecule has 1 saturated carbocycles. The fourth-order valence-electron chi connectivity index (χ4n) is 4.18. The van der Waals surface area contributed by atoms with Crippen LogP contribution in [0.1, 0.15) is 39.4 Å². The lowest BCUT2D eigenvalue weighted by Gasteiger charge is -2.07. The molecule has 4 aromatic rings. The summed E-state index contributed by atoms with van der Waals surface area (Å²) in [6.07, 6.45) is 1.63. The molecule has 2 heteroatoms. The third-order valence-corrected chi connectivity index (χ3v) is 6.04. The molecule has 2 unspecified atom stereocenters. The molecule has 0 bridgehead atoms. The number of rotatable bonds is 7. The molecule has 0 aliphatic heterocycles. The molecule has 30 heavy (non-hydrogen) atoms. The van der Waals surface area contributed by atoms with Gasteiger partial charge in [-0.25, -0.2) is 0 Å². The first-order valence-corrected chi connectivity index (χ1v) is 10.6.